The molecule has 148 valence electrons. The zero-order chi connectivity index (χ0) is 19.9. The van der Waals surface area contributed by atoms with Gasteiger partial charge in [0, 0.05) is 37.2 Å². The molecule has 0 aromatic heterocycles. The molecule has 2 fully saturated rings. The first kappa shape index (κ1) is 18.8. The third-order valence-corrected chi connectivity index (χ3v) is 7.21. The van der Waals surface area contributed by atoms with Gasteiger partial charge in [0.25, 0.3) is 5.69 Å². The molecule has 28 heavy (non-hydrogen) atoms. The lowest BCUT2D eigenvalue weighted by Gasteiger charge is -2.19. The van der Waals surface area contributed by atoms with Gasteiger partial charge in [0.05, 0.1) is 10.6 Å². The highest BCUT2D eigenvalue weighted by atomic mass is 32.2. The van der Waals surface area contributed by atoms with Crippen LogP contribution in [0.25, 0.3) is 0 Å². The fourth-order valence-electron chi connectivity index (χ4n) is 3.68. The Morgan fingerprint density at radius 1 is 1.14 bits per heavy atom. The topological polar surface area (TPSA) is 92.5 Å². The Morgan fingerprint density at radius 3 is 2.57 bits per heavy atom. The van der Waals surface area contributed by atoms with E-state index in [1.54, 1.807) is 6.07 Å². The number of nitrogens with zero attached hydrogens (tertiary/aromatic N) is 2. The van der Waals surface area contributed by atoms with Gasteiger partial charge < -0.3 is 5.32 Å². The average molecular weight is 405 g/mol. The van der Waals surface area contributed by atoms with Gasteiger partial charge in [-0.2, -0.15) is 4.31 Å². The minimum atomic E-state index is -3.83. The van der Waals surface area contributed by atoms with Gasteiger partial charge >= 0.3 is 0 Å². The van der Waals surface area contributed by atoms with Gasteiger partial charge in [-0.3, -0.25) is 10.1 Å². The SMILES string of the molecule is O=[N+]([O-])c1ccc(N[C@@H]2C[C@H]2c2cccc(F)c2)c(S(=O)(=O)N2CCCC2)c1. The van der Waals surface area contributed by atoms with Gasteiger partial charge in [0.1, 0.15) is 10.7 Å². The standard InChI is InChI=1S/C19H20FN3O4S/c20-14-5-3-4-13(10-14)16-12-18(16)21-17-7-6-15(23(24)25)11-19(17)28(26,27)22-8-1-2-9-22/h3-7,10-11,16,18,21H,1-2,8-9,12H2/t16-,18+/m0/s1. The average Bonchev–Trinajstić information content (AvgIpc) is 3.19. The van der Waals surface area contributed by atoms with E-state index in [2.05, 4.69) is 5.32 Å². The Bertz CT molecular complexity index is 1020. The zero-order valence-corrected chi connectivity index (χ0v) is 15.9. The van der Waals surface area contributed by atoms with Crippen LogP contribution in [0.2, 0.25) is 0 Å². The molecule has 1 saturated carbocycles. The van der Waals surface area contributed by atoms with E-state index in [1.807, 2.05) is 6.07 Å². The number of hydrogen-bond donors (Lipinski definition) is 1. The largest absolute Gasteiger partial charge is 0.381 e. The zero-order valence-electron chi connectivity index (χ0n) is 15.0. The number of nitrogens with one attached hydrogen (secondary N) is 1. The summed E-state index contributed by atoms with van der Waals surface area (Å²) in [4.78, 5) is 10.5. The summed E-state index contributed by atoms with van der Waals surface area (Å²) in [5, 5.41) is 14.4. The van der Waals surface area contributed by atoms with Crippen molar-refractivity contribution >= 4 is 21.4 Å². The fraction of sp³-hybridized carbons (Fsp3) is 0.368. The van der Waals surface area contributed by atoms with Crippen molar-refractivity contribution in [2.45, 2.75) is 36.1 Å². The molecule has 2 aromatic carbocycles. The Labute approximate surface area is 162 Å². The van der Waals surface area contributed by atoms with Crippen LogP contribution in [0.15, 0.2) is 47.4 Å². The van der Waals surface area contributed by atoms with E-state index in [0.29, 0.717) is 18.8 Å². The molecule has 0 radical (unpaired) electrons. The lowest BCUT2D eigenvalue weighted by Crippen LogP contribution is -2.28. The normalized spacial score (nSPS) is 22.2. The predicted molar refractivity (Wildman–Crippen MR) is 102 cm³/mol. The highest BCUT2D eigenvalue weighted by Crippen LogP contribution is 2.44. The van der Waals surface area contributed by atoms with E-state index >= 15 is 0 Å². The molecule has 1 aliphatic carbocycles. The minimum Gasteiger partial charge on any atom is -0.381 e. The van der Waals surface area contributed by atoms with Crippen molar-refractivity contribution in [1.29, 1.82) is 0 Å². The van der Waals surface area contributed by atoms with Gasteiger partial charge in [-0.1, -0.05) is 12.1 Å². The van der Waals surface area contributed by atoms with Crippen molar-refractivity contribution in [2.24, 2.45) is 0 Å². The molecule has 1 N–H and O–H groups in total. The van der Waals surface area contributed by atoms with Crippen LogP contribution in [0.3, 0.4) is 0 Å². The molecule has 2 aromatic rings. The van der Waals surface area contributed by atoms with E-state index < -0.39 is 14.9 Å². The summed E-state index contributed by atoms with van der Waals surface area (Å²) >= 11 is 0. The van der Waals surface area contributed by atoms with E-state index in [-0.39, 0.29) is 28.4 Å². The first-order valence-corrected chi connectivity index (χ1v) is 10.6. The molecule has 1 aliphatic heterocycles. The molecule has 2 aliphatic rings. The number of sulfonamides is 1. The van der Waals surface area contributed by atoms with Crippen LogP contribution in [0, 0.1) is 15.9 Å². The first-order valence-electron chi connectivity index (χ1n) is 9.17. The van der Waals surface area contributed by atoms with Crippen LogP contribution < -0.4 is 5.32 Å². The predicted octanol–water partition coefficient (Wildman–Crippen LogP) is 3.49. The second-order valence-corrected chi connectivity index (χ2v) is 9.10. The van der Waals surface area contributed by atoms with Crippen LogP contribution in [0.1, 0.15) is 30.7 Å². The van der Waals surface area contributed by atoms with Gasteiger partial charge in [0.2, 0.25) is 10.0 Å². The molecule has 0 spiro atoms. The number of anilines is 1. The Kier molecular flexibility index (Phi) is 4.80. The highest BCUT2D eigenvalue weighted by molar-refractivity contribution is 7.89. The third kappa shape index (κ3) is 3.59. The third-order valence-electron chi connectivity index (χ3n) is 5.27. The van der Waals surface area contributed by atoms with Gasteiger partial charge in [0.15, 0.2) is 0 Å². The lowest BCUT2D eigenvalue weighted by molar-refractivity contribution is -0.385. The second kappa shape index (κ2) is 7.14. The summed E-state index contributed by atoms with van der Waals surface area (Å²) < 4.78 is 40.9. The number of hydrogen-bond acceptors (Lipinski definition) is 5. The summed E-state index contributed by atoms with van der Waals surface area (Å²) in [6.45, 7) is 0.833. The van der Waals surface area contributed by atoms with Crippen molar-refractivity contribution in [3.63, 3.8) is 0 Å². The quantitative estimate of drug-likeness (QED) is 0.587. The number of halogens is 1. The monoisotopic (exact) mass is 405 g/mol. The maximum Gasteiger partial charge on any atom is 0.270 e. The molecule has 0 amide bonds. The minimum absolute atomic E-state index is 0.0456. The molecule has 7 nitrogen and oxygen atoms in total. The molecule has 2 atom stereocenters. The maximum absolute atomic E-state index is 13.5. The summed E-state index contributed by atoms with van der Waals surface area (Å²) in [6, 6.07) is 10.2. The molecule has 9 heteroatoms. The van der Waals surface area contributed by atoms with E-state index in [9.17, 15) is 22.9 Å². The fourth-order valence-corrected chi connectivity index (χ4v) is 5.38. The van der Waals surface area contributed by atoms with Crippen LogP contribution >= 0.6 is 0 Å². The smallest absolute Gasteiger partial charge is 0.270 e. The van der Waals surface area contributed by atoms with Crippen LogP contribution in [-0.2, 0) is 10.0 Å². The molecular formula is C19H20FN3O4S. The van der Waals surface area contributed by atoms with Crippen molar-refractivity contribution < 1.29 is 17.7 Å². The van der Waals surface area contributed by atoms with Crippen molar-refractivity contribution in [3.05, 3.63) is 64.0 Å². The highest BCUT2D eigenvalue weighted by Gasteiger charge is 2.40. The number of benzene rings is 2. The maximum atomic E-state index is 13.5. The van der Waals surface area contributed by atoms with Gasteiger partial charge in [-0.15, -0.1) is 0 Å². The van der Waals surface area contributed by atoms with Gasteiger partial charge in [-0.25, -0.2) is 12.8 Å². The molecule has 0 unspecified atom stereocenters. The van der Waals surface area contributed by atoms with Crippen LogP contribution in [-0.4, -0.2) is 36.8 Å². The van der Waals surface area contributed by atoms with Crippen molar-refractivity contribution in [1.82, 2.24) is 4.31 Å². The first-order chi connectivity index (χ1) is 13.4. The summed E-state index contributed by atoms with van der Waals surface area (Å²) in [7, 11) is -3.83. The number of nitro benzene ring substituents is 1. The van der Waals surface area contributed by atoms with Gasteiger partial charge in [-0.05, 0) is 43.0 Å². The Hall–Kier alpha value is -2.52. The van der Waals surface area contributed by atoms with Crippen molar-refractivity contribution in [2.75, 3.05) is 18.4 Å². The van der Waals surface area contributed by atoms with Crippen LogP contribution in [0.4, 0.5) is 15.8 Å². The van der Waals surface area contributed by atoms with Crippen molar-refractivity contribution in [3.8, 4) is 0 Å². The molecule has 1 saturated heterocycles. The van der Waals surface area contributed by atoms with E-state index in [0.717, 1.165) is 30.9 Å². The molecule has 4 rings (SSSR count). The molecule has 1 heterocycles. The number of rotatable bonds is 6. The second-order valence-electron chi connectivity index (χ2n) is 7.20. The Morgan fingerprint density at radius 2 is 1.89 bits per heavy atom. The van der Waals surface area contributed by atoms with E-state index in [1.165, 1.54) is 28.6 Å². The summed E-state index contributed by atoms with van der Waals surface area (Å²) in [5.41, 5.74) is 0.936. The lowest BCUT2D eigenvalue weighted by atomic mass is 10.1. The van der Waals surface area contributed by atoms with E-state index in [4.69, 9.17) is 0 Å². The number of non-ortho nitro benzene ring substituents is 1. The molecular weight excluding hydrogens is 385 g/mol. The molecule has 0 bridgehead atoms. The Balaban J connectivity index is 1.63. The summed E-state index contributed by atoms with van der Waals surface area (Å²) in [6.07, 6.45) is 2.30. The number of nitro groups is 1. The van der Waals surface area contributed by atoms with Crippen LogP contribution in [0.5, 0.6) is 0 Å². The summed E-state index contributed by atoms with van der Waals surface area (Å²) in [5.74, 6) is -0.232.